The molecular weight excluding hydrogens is 541 g/mol. The van der Waals surface area contributed by atoms with Crippen molar-refractivity contribution in [1.82, 2.24) is 4.90 Å². The summed E-state index contributed by atoms with van der Waals surface area (Å²) in [7, 11) is 0. The van der Waals surface area contributed by atoms with E-state index in [1.165, 1.54) is 0 Å². The van der Waals surface area contributed by atoms with Gasteiger partial charge in [-0.15, -0.1) is 23.5 Å². The van der Waals surface area contributed by atoms with Gasteiger partial charge in [0.1, 0.15) is 0 Å². The first-order chi connectivity index (χ1) is 18.0. The molecule has 0 aliphatic carbocycles. The first kappa shape index (κ1) is 27.7. The van der Waals surface area contributed by atoms with Crippen LogP contribution in [0.4, 0.5) is 4.79 Å². The van der Waals surface area contributed by atoms with E-state index < -0.39 is 0 Å². The Kier molecular flexibility index (Phi) is 10.1. The maximum absolute atomic E-state index is 13.4. The van der Waals surface area contributed by atoms with E-state index in [1.54, 1.807) is 28.4 Å². The molecule has 0 bridgehead atoms. The fourth-order valence-corrected chi connectivity index (χ4v) is 6.84. The summed E-state index contributed by atoms with van der Waals surface area (Å²) in [4.78, 5) is 15.1. The van der Waals surface area contributed by atoms with Crippen molar-refractivity contribution in [3.8, 4) is 0 Å². The van der Waals surface area contributed by atoms with E-state index in [2.05, 4.69) is 12.1 Å². The predicted octanol–water partition coefficient (Wildman–Crippen LogP) is 9.47. The molecule has 37 heavy (non-hydrogen) atoms. The standard InChI is InChI=1S/C30H29Cl2NO2S2/c1-3-33(4-2)30(34)35-28(29-36-19-8-20-37-29)27(21-9-6-5-7-10-21)26(22-11-15-24(31)16-12-22)23-13-17-25(32)18-14-23/h5-7,9-18H,3-4,8,19-20H2,1-2H3. The van der Waals surface area contributed by atoms with Gasteiger partial charge in [0.05, 0.1) is 4.24 Å². The van der Waals surface area contributed by atoms with Crippen molar-refractivity contribution in [2.75, 3.05) is 24.6 Å². The van der Waals surface area contributed by atoms with Gasteiger partial charge in [0, 0.05) is 34.3 Å². The number of thioether (sulfide) groups is 2. The number of rotatable bonds is 7. The van der Waals surface area contributed by atoms with Crippen molar-refractivity contribution in [1.29, 1.82) is 0 Å². The van der Waals surface area contributed by atoms with Crippen LogP contribution in [0.5, 0.6) is 0 Å². The maximum atomic E-state index is 13.4. The molecule has 0 aromatic heterocycles. The lowest BCUT2D eigenvalue weighted by Gasteiger charge is -2.26. The zero-order valence-corrected chi connectivity index (χ0v) is 24.0. The summed E-state index contributed by atoms with van der Waals surface area (Å²) in [5.41, 5.74) is 4.70. The van der Waals surface area contributed by atoms with E-state index in [-0.39, 0.29) is 6.09 Å². The van der Waals surface area contributed by atoms with Crippen LogP contribution in [0.25, 0.3) is 11.1 Å². The lowest BCUT2D eigenvalue weighted by atomic mass is 9.88. The van der Waals surface area contributed by atoms with E-state index >= 15 is 0 Å². The Labute approximate surface area is 237 Å². The number of hydrogen-bond acceptors (Lipinski definition) is 4. The molecule has 1 fully saturated rings. The SMILES string of the molecule is CCN(CC)C(=O)OC(=C1SCCCS1)C(=C(c1ccc(Cl)cc1)c1ccc(Cl)cc1)c1ccccc1. The van der Waals surface area contributed by atoms with Crippen LogP contribution in [-0.4, -0.2) is 35.6 Å². The van der Waals surface area contributed by atoms with Gasteiger partial charge in [0.15, 0.2) is 5.76 Å². The Hall–Kier alpha value is -2.31. The lowest BCUT2D eigenvalue weighted by molar-refractivity contribution is 0.136. The fourth-order valence-electron chi connectivity index (χ4n) is 4.07. The zero-order chi connectivity index (χ0) is 26.2. The topological polar surface area (TPSA) is 29.5 Å². The van der Waals surface area contributed by atoms with Gasteiger partial charge >= 0.3 is 6.09 Å². The first-order valence-electron chi connectivity index (χ1n) is 12.3. The number of allylic oxidation sites excluding steroid dienone is 1. The van der Waals surface area contributed by atoms with Crippen LogP contribution in [0, 0.1) is 0 Å². The molecule has 0 saturated carbocycles. The van der Waals surface area contributed by atoms with Crippen LogP contribution >= 0.6 is 46.7 Å². The number of nitrogens with zero attached hydrogens (tertiary/aromatic N) is 1. The molecular formula is C30H29Cl2NO2S2. The average Bonchev–Trinajstić information content (AvgIpc) is 2.94. The monoisotopic (exact) mass is 569 g/mol. The van der Waals surface area contributed by atoms with E-state index in [0.29, 0.717) is 28.9 Å². The average molecular weight is 571 g/mol. The van der Waals surface area contributed by atoms with Gasteiger partial charge in [-0.25, -0.2) is 4.79 Å². The van der Waals surface area contributed by atoms with Crippen molar-refractivity contribution >= 4 is 64.0 Å². The second-order valence-electron chi connectivity index (χ2n) is 8.34. The molecule has 0 radical (unpaired) electrons. The van der Waals surface area contributed by atoms with Crippen molar-refractivity contribution in [3.63, 3.8) is 0 Å². The number of benzene rings is 3. The zero-order valence-electron chi connectivity index (χ0n) is 20.9. The molecule has 3 aromatic rings. The summed E-state index contributed by atoms with van der Waals surface area (Å²) in [5, 5.41) is 1.32. The van der Waals surface area contributed by atoms with Crippen LogP contribution < -0.4 is 0 Å². The lowest BCUT2D eigenvalue weighted by Crippen LogP contribution is -2.31. The molecule has 1 aliphatic heterocycles. The Morgan fingerprint density at radius 1 is 0.784 bits per heavy atom. The summed E-state index contributed by atoms with van der Waals surface area (Å²) in [6.45, 7) is 5.07. The third-order valence-corrected chi connectivity index (χ3v) is 9.05. The predicted molar refractivity (Wildman–Crippen MR) is 161 cm³/mol. The molecule has 3 aromatic carbocycles. The molecule has 0 atom stereocenters. The minimum Gasteiger partial charge on any atom is -0.408 e. The second kappa shape index (κ2) is 13.5. The van der Waals surface area contributed by atoms with E-state index in [4.69, 9.17) is 27.9 Å². The maximum Gasteiger partial charge on any atom is 0.415 e. The largest absolute Gasteiger partial charge is 0.415 e. The Morgan fingerprint density at radius 2 is 1.30 bits per heavy atom. The van der Waals surface area contributed by atoms with Gasteiger partial charge in [-0.1, -0.05) is 77.8 Å². The molecule has 0 spiro atoms. The highest BCUT2D eigenvalue weighted by atomic mass is 35.5. The first-order valence-corrected chi connectivity index (χ1v) is 15.0. The van der Waals surface area contributed by atoms with Crippen LogP contribution in [-0.2, 0) is 4.74 Å². The second-order valence-corrected chi connectivity index (χ2v) is 11.7. The van der Waals surface area contributed by atoms with Gasteiger partial charge in [-0.05, 0) is 72.7 Å². The van der Waals surface area contributed by atoms with Crippen molar-refractivity contribution in [3.05, 3.63) is 116 Å². The van der Waals surface area contributed by atoms with Gasteiger partial charge < -0.3 is 9.64 Å². The van der Waals surface area contributed by atoms with Crippen LogP contribution in [0.3, 0.4) is 0 Å². The molecule has 3 nitrogen and oxygen atoms in total. The molecule has 7 heteroatoms. The normalized spacial score (nSPS) is 13.1. The molecule has 1 saturated heterocycles. The van der Waals surface area contributed by atoms with E-state index in [1.807, 2.05) is 80.6 Å². The van der Waals surface area contributed by atoms with Gasteiger partial charge in [-0.2, -0.15) is 0 Å². The molecule has 192 valence electrons. The van der Waals surface area contributed by atoms with Crippen LogP contribution in [0.15, 0.2) is 88.9 Å². The number of ether oxygens (including phenoxy) is 1. The smallest absolute Gasteiger partial charge is 0.408 e. The molecule has 0 unspecified atom stereocenters. The number of hydrogen-bond donors (Lipinski definition) is 0. The number of amides is 1. The molecule has 0 N–H and O–H groups in total. The van der Waals surface area contributed by atoms with Crippen molar-refractivity contribution in [2.45, 2.75) is 20.3 Å². The van der Waals surface area contributed by atoms with Gasteiger partial charge in [0.25, 0.3) is 0 Å². The highest BCUT2D eigenvalue weighted by Gasteiger charge is 2.27. The summed E-state index contributed by atoms with van der Waals surface area (Å²) in [6, 6.07) is 25.7. The third-order valence-electron chi connectivity index (χ3n) is 5.96. The quantitative estimate of drug-likeness (QED) is 0.209. The number of halogens is 2. The van der Waals surface area contributed by atoms with E-state index in [0.717, 1.165) is 50.0 Å². The Bertz CT molecular complexity index is 1210. The van der Waals surface area contributed by atoms with Crippen LogP contribution in [0.1, 0.15) is 37.0 Å². The van der Waals surface area contributed by atoms with Crippen molar-refractivity contribution < 1.29 is 9.53 Å². The Morgan fingerprint density at radius 3 is 1.78 bits per heavy atom. The summed E-state index contributed by atoms with van der Waals surface area (Å²) < 4.78 is 7.36. The fraction of sp³-hybridized carbons (Fsp3) is 0.233. The molecule has 1 aliphatic rings. The minimum absolute atomic E-state index is 0.348. The van der Waals surface area contributed by atoms with Crippen LogP contribution in [0.2, 0.25) is 10.0 Å². The third kappa shape index (κ3) is 6.97. The van der Waals surface area contributed by atoms with Gasteiger partial charge in [0.2, 0.25) is 0 Å². The summed E-state index contributed by atoms with van der Waals surface area (Å²) >= 11 is 16.0. The molecule has 1 heterocycles. The highest BCUT2D eigenvalue weighted by Crippen LogP contribution is 2.46. The van der Waals surface area contributed by atoms with Crippen molar-refractivity contribution in [2.24, 2.45) is 0 Å². The van der Waals surface area contributed by atoms with Gasteiger partial charge in [-0.3, -0.25) is 0 Å². The molecule has 4 rings (SSSR count). The Balaban J connectivity index is 2.06. The molecule has 1 amide bonds. The summed E-state index contributed by atoms with van der Waals surface area (Å²) in [5.74, 6) is 2.56. The number of carbonyl (C=O) groups is 1. The minimum atomic E-state index is -0.348. The summed E-state index contributed by atoms with van der Waals surface area (Å²) in [6.07, 6.45) is 0.765. The number of carbonyl (C=O) groups excluding carboxylic acids is 1. The van der Waals surface area contributed by atoms with E-state index in [9.17, 15) is 4.79 Å². The highest BCUT2D eigenvalue weighted by molar-refractivity contribution is 8.22.